The number of phosphoric acid groups is 1. The minimum atomic E-state index is -3.69. The number of hydrogen-bond donors (Lipinski definition) is 1. The predicted octanol–water partition coefficient (Wildman–Crippen LogP) is 4.69. The van der Waals surface area contributed by atoms with Gasteiger partial charge >= 0.3 is 7.82 Å². The van der Waals surface area contributed by atoms with Crippen LogP contribution in [0, 0.1) is 0 Å². The highest BCUT2D eigenvalue weighted by Gasteiger charge is 2.17. The molecule has 0 atom stereocenters. The Balaban J connectivity index is 0. The Bertz CT molecular complexity index is 209. The van der Waals surface area contributed by atoms with E-state index in [0.29, 0.717) is 0 Å². The monoisotopic (exact) mass is 280 g/mol. The SMILES string of the molecule is C=CCCCCCCC.CCOP(=O)(O)OCC. The average molecular weight is 280 g/mol. The lowest BCUT2D eigenvalue weighted by Gasteiger charge is -2.07. The third-order valence-corrected chi connectivity index (χ3v) is 3.27. The van der Waals surface area contributed by atoms with Crippen LogP contribution >= 0.6 is 7.82 Å². The van der Waals surface area contributed by atoms with Crippen molar-refractivity contribution in [1.29, 1.82) is 0 Å². The van der Waals surface area contributed by atoms with Gasteiger partial charge in [-0.1, -0.05) is 38.7 Å². The number of phosphoric ester groups is 1. The van der Waals surface area contributed by atoms with Gasteiger partial charge < -0.3 is 4.89 Å². The molecule has 0 saturated carbocycles. The average Bonchev–Trinajstić information content (AvgIpc) is 2.29. The molecule has 0 aromatic carbocycles. The van der Waals surface area contributed by atoms with Gasteiger partial charge in [-0.3, -0.25) is 9.05 Å². The van der Waals surface area contributed by atoms with E-state index in [2.05, 4.69) is 22.6 Å². The summed E-state index contributed by atoms with van der Waals surface area (Å²) < 4.78 is 19.2. The van der Waals surface area contributed by atoms with Crippen molar-refractivity contribution < 1.29 is 18.5 Å². The maximum absolute atomic E-state index is 10.5. The van der Waals surface area contributed by atoms with Crippen LogP contribution in [0.5, 0.6) is 0 Å². The molecule has 0 rings (SSSR count). The fraction of sp³-hybridized carbons (Fsp3) is 0.846. The fourth-order valence-electron chi connectivity index (χ4n) is 1.26. The molecule has 18 heavy (non-hydrogen) atoms. The lowest BCUT2D eigenvalue weighted by atomic mass is 10.1. The molecular weight excluding hydrogens is 251 g/mol. The second-order valence-electron chi connectivity index (χ2n) is 3.80. The molecule has 4 nitrogen and oxygen atoms in total. The van der Waals surface area contributed by atoms with E-state index in [4.69, 9.17) is 4.89 Å². The minimum Gasteiger partial charge on any atom is -0.302 e. The summed E-state index contributed by atoms with van der Waals surface area (Å²) in [6.07, 6.45) is 10.1. The highest BCUT2D eigenvalue weighted by Crippen LogP contribution is 2.42. The summed E-state index contributed by atoms with van der Waals surface area (Å²) in [7, 11) is -3.69. The molecule has 0 radical (unpaired) electrons. The van der Waals surface area contributed by atoms with Crippen LogP contribution in [0.15, 0.2) is 12.7 Å². The molecule has 0 aliphatic rings. The molecular formula is C13H29O4P. The van der Waals surface area contributed by atoms with E-state index in [1.165, 1.54) is 38.5 Å². The summed E-state index contributed by atoms with van der Waals surface area (Å²) in [4.78, 5) is 8.63. The second-order valence-corrected chi connectivity index (χ2v) is 5.25. The quantitative estimate of drug-likeness (QED) is 0.358. The molecule has 0 unspecified atom stereocenters. The topological polar surface area (TPSA) is 55.8 Å². The molecule has 0 aliphatic carbocycles. The van der Waals surface area contributed by atoms with E-state index in [0.717, 1.165) is 0 Å². The van der Waals surface area contributed by atoms with Crippen LogP contribution in [0.3, 0.4) is 0 Å². The van der Waals surface area contributed by atoms with Crippen molar-refractivity contribution in [3.63, 3.8) is 0 Å². The van der Waals surface area contributed by atoms with E-state index >= 15 is 0 Å². The maximum Gasteiger partial charge on any atom is 0.472 e. The van der Waals surface area contributed by atoms with Gasteiger partial charge in [0.1, 0.15) is 0 Å². The maximum atomic E-state index is 10.5. The van der Waals surface area contributed by atoms with Crippen molar-refractivity contribution in [2.24, 2.45) is 0 Å². The first-order chi connectivity index (χ1) is 8.54. The Morgan fingerprint density at radius 1 is 1.06 bits per heavy atom. The van der Waals surface area contributed by atoms with Crippen LogP contribution < -0.4 is 0 Å². The van der Waals surface area contributed by atoms with E-state index in [9.17, 15) is 4.57 Å². The highest BCUT2D eigenvalue weighted by atomic mass is 31.2. The van der Waals surface area contributed by atoms with Gasteiger partial charge in [0.15, 0.2) is 0 Å². The number of unbranched alkanes of at least 4 members (excludes halogenated alkanes) is 5. The zero-order valence-electron chi connectivity index (χ0n) is 12.1. The van der Waals surface area contributed by atoms with Gasteiger partial charge in [-0.25, -0.2) is 4.57 Å². The lowest BCUT2D eigenvalue weighted by molar-refractivity contribution is 0.161. The van der Waals surface area contributed by atoms with Crippen molar-refractivity contribution in [3.05, 3.63) is 12.7 Å². The molecule has 0 bridgehead atoms. The molecule has 0 aliphatic heterocycles. The van der Waals surface area contributed by atoms with Crippen LogP contribution in [0.1, 0.15) is 59.3 Å². The van der Waals surface area contributed by atoms with E-state index in [-0.39, 0.29) is 13.2 Å². The summed E-state index contributed by atoms with van der Waals surface area (Å²) in [6.45, 7) is 9.55. The molecule has 0 saturated heterocycles. The predicted molar refractivity (Wildman–Crippen MR) is 76.7 cm³/mol. The Hall–Kier alpha value is -0.150. The van der Waals surface area contributed by atoms with E-state index < -0.39 is 7.82 Å². The van der Waals surface area contributed by atoms with Crippen molar-refractivity contribution in [2.45, 2.75) is 59.3 Å². The summed E-state index contributed by atoms with van der Waals surface area (Å²) in [6, 6.07) is 0. The number of hydrogen-bond acceptors (Lipinski definition) is 3. The zero-order chi connectivity index (χ0) is 14.3. The van der Waals surface area contributed by atoms with Gasteiger partial charge in [0.05, 0.1) is 13.2 Å². The third-order valence-electron chi connectivity index (χ3n) is 2.10. The Morgan fingerprint density at radius 3 is 1.94 bits per heavy atom. The molecule has 0 spiro atoms. The van der Waals surface area contributed by atoms with Gasteiger partial charge in [0.25, 0.3) is 0 Å². The highest BCUT2D eigenvalue weighted by molar-refractivity contribution is 7.47. The van der Waals surface area contributed by atoms with Gasteiger partial charge in [-0.2, -0.15) is 0 Å². The number of allylic oxidation sites excluding steroid dienone is 1. The van der Waals surface area contributed by atoms with Crippen LogP contribution in [0.25, 0.3) is 0 Å². The molecule has 0 aromatic rings. The smallest absolute Gasteiger partial charge is 0.302 e. The normalized spacial score (nSPS) is 10.7. The number of rotatable bonds is 10. The first kappa shape index (κ1) is 20.2. The van der Waals surface area contributed by atoms with E-state index in [1.807, 2.05) is 6.08 Å². The van der Waals surface area contributed by atoms with Gasteiger partial charge in [-0.05, 0) is 26.7 Å². The third kappa shape index (κ3) is 18.2. The van der Waals surface area contributed by atoms with Crippen molar-refractivity contribution >= 4 is 7.82 Å². The van der Waals surface area contributed by atoms with Gasteiger partial charge in [-0.15, -0.1) is 6.58 Å². The fourth-order valence-corrected chi connectivity index (χ4v) is 1.98. The van der Waals surface area contributed by atoms with Crippen LogP contribution in [-0.4, -0.2) is 18.1 Å². The van der Waals surface area contributed by atoms with E-state index in [1.54, 1.807) is 13.8 Å². The van der Waals surface area contributed by atoms with Crippen LogP contribution in [-0.2, 0) is 13.6 Å². The van der Waals surface area contributed by atoms with Crippen LogP contribution in [0.2, 0.25) is 0 Å². The Labute approximate surface area is 112 Å². The minimum absolute atomic E-state index is 0.188. The summed E-state index contributed by atoms with van der Waals surface area (Å²) in [5.74, 6) is 0. The summed E-state index contributed by atoms with van der Waals surface area (Å²) in [5, 5.41) is 0. The second kappa shape index (κ2) is 14.9. The first-order valence-corrected chi connectivity index (χ1v) is 8.26. The van der Waals surface area contributed by atoms with Crippen molar-refractivity contribution in [3.8, 4) is 0 Å². The van der Waals surface area contributed by atoms with Crippen molar-refractivity contribution in [1.82, 2.24) is 0 Å². The van der Waals surface area contributed by atoms with Gasteiger partial charge in [0, 0.05) is 0 Å². The Morgan fingerprint density at radius 2 is 1.56 bits per heavy atom. The Kier molecular flexibility index (Phi) is 16.7. The summed E-state index contributed by atoms with van der Waals surface area (Å²) in [5.41, 5.74) is 0. The molecule has 0 amide bonds. The molecule has 0 aromatic heterocycles. The molecule has 5 heteroatoms. The van der Waals surface area contributed by atoms with Crippen LogP contribution in [0.4, 0.5) is 0 Å². The molecule has 1 N–H and O–H groups in total. The largest absolute Gasteiger partial charge is 0.472 e. The lowest BCUT2D eigenvalue weighted by Crippen LogP contribution is -1.93. The molecule has 110 valence electrons. The van der Waals surface area contributed by atoms with Gasteiger partial charge in [0.2, 0.25) is 0 Å². The summed E-state index contributed by atoms with van der Waals surface area (Å²) >= 11 is 0. The standard InChI is InChI=1S/C9H18.C4H11O4P/c1-3-5-7-9-8-6-4-2;1-3-7-9(5,6)8-4-2/h3H,1,4-9H2,2H3;3-4H2,1-2H3,(H,5,6). The zero-order valence-corrected chi connectivity index (χ0v) is 13.0. The molecule has 0 heterocycles. The van der Waals surface area contributed by atoms with Crippen molar-refractivity contribution in [2.75, 3.05) is 13.2 Å². The molecule has 0 fully saturated rings. The first-order valence-electron chi connectivity index (χ1n) is 6.76.